The van der Waals surface area contributed by atoms with Crippen LogP contribution in [0.4, 0.5) is 5.82 Å². The Morgan fingerprint density at radius 3 is 3.09 bits per heavy atom. The first-order chi connectivity index (χ1) is 10.6. The summed E-state index contributed by atoms with van der Waals surface area (Å²) in [7, 11) is 0. The molecule has 6 heteroatoms. The van der Waals surface area contributed by atoms with Crippen LogP contribution in [0.2, 0.25) is 0 Å². The van der Waals surface area contributed by atoms with Crippen molar-refractivity contribution >= 4 is 17.6 Å². The van der Waals surface area contributed by atoms with Crippen LogP contribution in [0.1, 0.15) is 17.7 Å². The van der Waals surface area contributed by atoms with Crippen LogP contribution in [0.15, 0.2) is 41.1 Å². The summed E-state index contributed by atoms with van der Waals surface area (Å²) in [6, 6.07) is 7.26. The summed E-state index contributed by atoms with van der Waals surface area (Å²) in [5.41, 5.74) is 1.02. The van der Waals surface area contributed by atoms with Gasteiger partial charge in [-0.3, -0.25) is 9.59 Å². The van der Waals surface area contributed by atoms with Gasteiger partial charge in [0.2, 0.25) is 11.8 Å². The largest absolute Gasteiger partial charge is 0.467 e. The van der Waals surface area contributed by atoms with Crippen LogP contribution in [-0.4, -0.2) is 28.2 Å². The maximum absolute atomic E-state index is 12.3. The van der Waals surface area contributed by atoms with Gasteiger partial charge in [-0.05, 0) is 36.8 Å². The molecule has 1 saturated heterocycles. The van der Waals surface area contributed by atoms with Gasteiger partial charge in [-0.15, -0.1) is 0 Å². The van der Waals surface area contributed by atoms with Crippen LogP contribution in [0.25, 0.3) is 0 Å². The number of hydrogen-bond donors (Lipinski definition) is 1. The Labute approximate surface area is 128 Å². The second-order valence-electron chi connectivity index (χ2n) is 5.46. The lowest BCUT2D eigenvalue weighted by molar-refractivity contribution is -0.128. The van der Waals surface area contributed by atoms with Gasteiger partial charge in [0.1, 0.15) is 11.6 Å². The van der Waals surface area contributed by atoms with E-state index in [1.807, 2.05) is 19.1 Å². The number of nitrogens with zero attached hydrogens (tertiary/aromatic N) is 2. The second-order valence-corrected chi connectivity index (χ2v) is 5.46. The number of carbonyl (C=O) groups is 2. The number of carbonyl (C=O) groups excluding carboxylic acids is 2. The highest BCUT2D eigenvalue weighted by Gasteiger charge is 2.34. The molecule has 2 amide bonds. The van der Waals surface area contributed by atoms with E-state index in [9.17, 15) is 9.59 Å². The van der Waals surface area contributed by atoms with Crippen LogP contribution in [0.5, 0.6) is 0 Å². The van der Waals surface area contributed by atoms with Crippen LogP contribution < -0.4 is 5.32 Å². The van der Waals surface area contributed by atoms with E-state index in [-0.39, 0.29) is 24.2 Å². The number of anilines is 1. The second kappa shape index (κ2) is 6.01. The minimum Gasteiger partial charge on any atom is -0.467 e. The van der Waals surface area contributed by atoms with Crippen molar-refractivity contribution in [2.75, 3.05) is 11.9 Å². The number of aromatic nitrogens is 1. The number of furan rings is 1. The molecule has 1 aliphatic rings. The lowest BCUT2D eigenvalue weighted by Crippen LogP contribution is -2.28. The van der Waals surface area contributed by atoms with E-state index in [4.69, 9.17) is 4.42 Å². The summed E-state index contributed by atoms with van der Waals surface area (Å²) < 4.78 is 5.24. The fourth-order valence-corrected chi connectivity index (χ4v) is 2.52. The molecule has 1 N–H and O–H groups in total. The molecule has 114 valence electrons. The number of hydrogen-bond acceptors (Lipinski definition) is 4. The van der Waals surface area contributed by atoms with Crippen molar-refractivity contribution in [1.29, 1.82) is 0 Å². The standard InChI is InChI=1S/C16H17N3O3/c1-11-4-5-17-14(7-11)18-16(21)12-8-15(20)19(9-12)10-13-3-2-6-22-13/h2-7,12H,8-10H2,1H3,(H,17,18,21)/t12-/m1/s1. The van der Waals surface area contributed by atoms with Crippen LogP contribution >= 0.6 is 0 Å². The van der Waals surface area contributed by atoms with Gasteiger partial charge < -0.3 is 14.6 Å². The van der Waals surface area contributed by atoms with Crippen LogP contribution in [0.3, 0.4) is 0 Å². The molecule has 1 aliphatic heterocycles. The molecule has 0 aromatic carbocycles. The summed E-state index contributed by atoms with van der Waals surface area (Å²) in [6.07, 6.45) is 3.44. The highest BCUT2D eigenvalue weighted by molar-refractivity contribution is 5.96. The Morgan fingerprint density at radius 2 is 2.36 bits per heavy atom. The van der Waals surface area contributed by atoms with E-state index >= 15 is 0 Å². The van der Waals surface area contributed by atoms with Gasteiger partial charge in [0.05, 0.1) is 18.7 Å². The number of amides is 2. The SMILES string of the molecule is Cc1ccnc(NC(=O)[C@@H]2CC(=O)N(Cc3ccco3)C2)c1. The number of nitrogens with one attached hydrogen (secondary N) is 1. The van der Waals surface area contributed by atoms with Gasteiger partial charge in [0, 0.05) is 19.2 Å². The van der Waals surface area contributed by atoms with Crippen LogP contribution in [0, 0.1) is 12.8 Å². The summed E-state index contributed by atoms with van der Waals surface area (Å²) in [5.74, 6) is 0.670. The Kier molecular flexibility index (Phi) is 3.91. The van der Waals surface area contributed by atoms with Crippen molar-refractivity contribution in [1.82, 2.24) is 9.88 Å². The molecule has 0 radical (unpaired) electrons. The van der Waals surface area contributed by atoms with Crippen LogP contribution in [-0.2, 0) is 16.1 Å². The number of rotatable bonds is 4. The van der Waals surface area contributed by atoms with E-state index in [1.165, 1.54) is 0 Å². The fourth-order valence-electron chi connectivity index (χ4n) is 2.52. The Morgan fingerprint density at radius 1 is 1.50 bits per heavy atom. The van der Waals surface area contributed by atoms with Gasteiger partial charge >= 0.3 is 0 Å². The number of aryl methyl sites for hydroxylation is 1. The van der Waals surface area contributed by atoms with Gasteiger partial charge in [-0.2, -0.15) is 0 Å². The first-order valence-electron chi connectivity index (χ1n) is 7.15. The topological polar surface area (TPSA) is 75.4 Å². The minimum absolute atomic E-state index is 0.0336. The van der Waals surface area contributed by atoms with Crippen molar-refractivity contribution < 1.29 is 14.0 Å². The third kappa shape index (κ3) is 3.16. The molecule has 6 nitrogen and oxygen atoms in total. The minimum atomic E-state index is -0.357. The average molecular weight is 299 g/mol. The molecule has 2 aromatic heterocycles. The third-order valence-electron chi connectivity index (χ3n) is 3.68. The molecule has 0 bridgehead atoms. The van der Waals surface area contributed by atoms with Crippen molar-refractivity contribution in [2.24, 2.45) is 5.92 Å². The molecule has 0 unspecified atom stereocenters. The zero-order valence-corrected chi connectivity index (χ0v) is 12.3. The molecule has 2 aromatic rings. The first-order valence-corrected chi connectivity index (χ1v) is 7.15. The predicted octanol–water partition coefficient (Wildman–Crippen LogP) is 1.97. The number of pyridine rings is 1. The predicted molar refractivity (Wildman–Crippen MR) is 79.8 cm³/mol. The van der Waals surface area contributed by atoms with E-state index in [2.05, 4.69) is 10.3 Å². The Bertz CT molecular complexity index is 682. The molecule has 1 fully saturated rings. The highest BCUT2D eigenvalue weighted by atomic mass is 16.3. The Balaban J connectivity index is 1.61. The molecular formula is C16H17N3O3. The van der Waals surface area contributed by atoms with Crippen molar-refractivity contribution in [3.63, 3.8) is 0 Å². The smallest absolute Gasteiger partial charge is 0.230 e. The lowest BCUT2D eigenvalue weighted by Gasteiger charge is -2.15. The zero-order valence-electron chi connectivity index (χ0n) is 12.3. The molecule has 0 spiro atoms. The summed E-state index contributed by atoms with van der Waals surface area (Å²) >= 11 is 0. The molecule has 3 rings (SSSR count). The van der Waals surface area contributed by atoms with E-state index in [0.29, 0.717) is 18.9 Å². The first kappa shape index (κ1) is 14.3. The molecule has 0 aliphatic carbocycles. The fraction of sp³-hybridized carbons (Fsp3) is 0.312. The lowest BCUT2D eigenvalue weighted by atomic mass is 10.1. The van der Waals surface area contributed by atoms with Gasteiger partial charge in [-0.25, -0.2) is 4.98 Å². The molecule has 3 heterocycles. The normalized spacial score (nSPS) is 17.8. The van der Waals surface area contributed by atoms with Crippen molar-refractivity contribution in [2.45, 2.75) is 19.9 Å². The quantitative estimate of drug-likeness (QED) is 0.936. The molecule has 22 heavy (non-hydrogen) atoms. The summed E-state index contributed by atoms with van der Waals surface area (Å²) in [4.78, 5) is 30.0. The summed E-state index contributed by atoms with van der Waals surface area (Å²) in [6.45, 7) is 2.73. The average Bonchev–Trinajstić information content (AvgIpc) is 3.10. The van der Waals surface area contributed by atoms with E-state index < -0.39 is 0 Å². The maximum Gasteiger partial charge on any atom is 0.230 e. The molecular weight excluding hydrogens is 282 g/mol. The van der Waals surface area contributed by atoms with Gasteiger partial charge in [-0.1, -0.05) is 0 Å². The van der Waals surface area contributed by atoms with E-state index in [1.54, 1.807) is 29.5 Å². The third-order valence-corrected chi connectivity index (χ3v) is 3.68. The van der Waals surface area contributed by atoms with Gasteiger partial charge in [0.15, 0.2) is 0 Å². The van der Waals surface area contributed by atoms with Gasteiger partial charge in [0.25, 0.3) is 0 Å². The molecule has 1 atom stereocenters. The monoisotopic (exact) mass is 299 g/mol. The summed E-state index contributed by atoms with van der Waals surface area (Å²) in [5, 5.41) is 2.77. The molecule has 0 saturated carbocycles. The highest BCUT2D eigenvalue weighted by Crippen LogP contribution is 2.21. The maximum atomic E-state index is 12.3. The zero-order chi connectivity index (χ0) is 15.5. The Hall–Kier alpha value is -2.63. The number of likely N-dealkylation sites (tertiary alicyclic amines) is 1. The van der Waals surface area contributed by atoms with Crippen molar-refractivity contribution in [3.05, 3.63) is 48.0 Å². The van der Waals surface area contributed by atoms with E-state index in [0.717, 1.165) is 11.3 Å². The van der Waals surface area contributed by atoms with Crippen molar-refractivity contribution in [3.8, 4) is 0 Å².